The van der Waals surface area contributed by atoms with E-state index in [-0.39, 0.29) is 23.9 Å². The molecule has 1 aliphatic rings. The zero-order chi connectivity index (χ0) is 23.3. The maximum atomic E-state index is 13.5. The second kappa shape index (κ2) is 9.82. The molecule has 1 fully saturated rings. The smallest absolute Gasteiger partial charge is 0.247 e. The molecule has 0 saturated carbocycles. The molecule has 2 atom stereocenters. The number of nitrogens with zero attached hydrogens (tertiary/aromatic N) is 5. The number of pyridine rings is 2. The highest BCUT2D eigenvalue weighted by atomic mass is 16.2. The molecule has 34 heavy (non-hydrogen) atoms. The van der Waals surface area contributed by atoms with Crippen LogP contribution in [-0.4, -0.2) is 37.9 Å². The standard InChI is InChI=1S/C28H25N5O/c29-18-21-7-3-8-22(17-21)27(33-16-6-11-25(33)28(34)32-14-1-2-15-32)26(23-9-4-12-30-19-23)24-10-5-13-31-20-24/h1-5,7-10,12-15,17,19-20,25-27H,6,11,16H2/t25-,27?/m0/s1. The minimum Gasteiger partial charge on any atom is -0.293 e. The van der Waals surface area contributed by atoms with Gasteiger partial charge in [-0.2, -0.15) is 5.26 Å². The van der Waals surface area contributed by atoms with Crippen molar-refractivity contribution in [3.05, 3.63) is 120 Å². The van der Waals surface area contributed by atoms with Crippen molar-refractivity contribution < 1.29 is 4.79 Å². The molecular weight excluding hydrogens is 422 g/mol. The molecule has 1 aliphatic heterocycles. The topological polar surface area (TPSA) is 74.8 Å². The third kappa shape index (κ3) is 4.26. The second-order valence-electron chi connectivity index (χ2n) is 8.56. The van der Waals surface area contributed by atoms with Gasteiger partial charge in [0, 0.05) is 49.1 Å². The number of hydrogen-bond donors (Lipinski definition) is 0. The summed E-state index contributed by atoms with van der Waals surface area (Å²) >= 11 is 0. The molecule has 0 N–H and O–H groups in total. The maximum absolute atomic E-state index is 13.5. The average molecular weight is 448 g/mol. The van der Waals surface area contributed by atoms with E-state index in [4.69, 9.17) is 0 Å². The van der Waals surface area contributed by atoms with Gasteiger partial charge in [0.05, 0.1) is 17.7 Å². The first-order valence-corrected chi connectivity index (χ1v) is 11.5. The van der Waals surface area contributed by atoms with Crippen molar-refractivity contribution in [2.45, 2.75) is 30.8 Å². The summed E-state index contributed by atoms with van der Waals surface area (Å²) in [5.41, 5.74) is 3.69. The molecule has 6 nitrogen and oxygen atoms in total. The highest BCUT2D eigenvalue weighted by Crippen LogP contribution is 2.43. The summed E-state index contributed by atoms with van der Waals surface area (Å²) < 4.78 is 1.68. The highest BCUT2D eigenvalue weighted by Gasteiger charge is 2.41. The van der Waals surface area contributed by atoms with E-state index in [1.54, 1.807) is 17.0 Å². The van der Waals surface area contributed by atoms with Gasteiger partial charge >= 0.3 is 0 Å². The van der Waals surface area contributed by atoms with E-state index in [0.717, 1.165) is 36.1 Å². The molecule has 0 spiro atoms. The van der Waals surface area contributed by atoms with Gasteiger partial charge in [0.15, 0.2) is 0 Å². The van der Waals surface area contributed by atoms with Crippen LogP contribution in [0.15, 0.2) is 97.8 Å². The molecule has 6 heteroatoms. The first-order chi connectivity index (χ1) is 16.8. The number of carbonyl (C=O) groups is 1. The fourth-order valence-corrected chi connectivity index (χ4v) is 5.09. The van der Waals surface area contributed by atoms with Gasteiger partial charge in [-0.1, -0.05) is 24.3 Å². The Morgan fingerprint density at radius 2 is 1.62 bits per heavy atom. The highest BCUT2D eigenvalue weighted by molar-refractivity contribution is 5.84. The molecule has 5 rings (SSSR count). The summed E-state index contributed by atoms with van der Waals surface area (Å²) in [6.45, 7) is 0.788. The summed E-state index contributed by atoms with van der Waals surface area (Å²) in [7, 11) is 0. The third-order valence-electron chi connectivity index (χ3n) is 6.56. The number of aromatic nitrogens is 3. The average Bonchev–Trinajstić information content (AvgIpc) is 3.61. The van der Waals surface area contributed by atoms with Crippen molar-refractivity contribution in [3.8, 4) is 6.07 Å². The predicted molar refractivity (Wildman–Crippen MR) is 129 cm³/mol. The lowest BCUT2D eigenvalue weighted by atomic mass is 9.81. The van der Waals surface area contributed by atoms with E-state index < -0.39 is 0 Å². The fraction of sp³-hybridized carbons (Fsp3) is 0.214. The van der Waals surface area contributed by atoms with Crippen molar-refractivity contribution >= 4 is 5.91 Å². The van der Waals surface area contributed by atoms with Gasteiger partial charge in [-0.15, -0.1) is 0 Å². The Kier molecular flexibility index (Phi) is 6.28. The number of hydrogen-bond acceptors (Lipinski definition) is 5. The van der Waals surface area contributed by atoms with Gasteiger partial charge < -0.3 is 0 Å². The van der Waals surface area contributed by atoms with Crippen LogP contribution in [0, 0.1) is 11.3 Å². The molecule has 0 amide bonds. The Balaban J connectivity index is 1.67. The summed E-state index contributed by atoms with van der Waals surface area (Å²) in [5, 5.41) is 9.61. The summed E-state index contributed by atoms with van der Waals surface area (Å²) in [6.07, 6.45) is 12.6. The van der Waals surface area contributed by atoms with E-state index in [9.17, 15) is 10.1 Å². The Labute approximate surface area is 199 Å². The molecule has 3 aromatic heterocycles. The Morgan fingerprint density at radius 3 is 2.24 bits per heavy atom. The van der Waals surface area contributed by atoms with Gasteiger partial charge in [-0.25, -0.2) is 0 Å². The Morgan fingerprint density at radius 1 is 0.941 bits per heavy atom. The quantitative estimate of drug-likeness (QED) is 0.423. The minimum atomic E-state index is -0.265. The predicted octanol–water partition coefficient (Wildman–Crippen LogP) is 4.83. The molecule has 168 valence electrons. The van der Waals surface area contributed by atoms with Crippen LogP contribution in [0.25, 0.3) is 0 Å². The van der Waals surface area contributed by atoms with Crippen LogP contribution in [-0.2, 0) is 0 Å². The van der Waals surface area contributed by atoms with Crippen LogP contribution in [0.4, 0.5) is 0 Å². The normalized spacial score (nSPS) is 16.9. The summed E-state index contributed by atoms with van der Waals surface area (Å²) in [6, 6.07) is 21.3. The lowest BCUT2D eigenvalue weighted by Gasteiger charge is -2.38. The largest absolute Gasteiger partial charge is 0.293 e. The third-order valence-corrected chi connectivity index (χ3v) is 6.56. The lowest BCUT2D eigenvalue weighted by molar-refractivity contribution is 0.0712. The number of nitriles is 1. The van der Waals surface area contributed by atoms with Gasteiger partial charge in [0.25, 0.3) is 0 Å². The molecule has 4 heterocycles. The van der Waals surface area contributed by atoms with Crippen molar-refractivity contribution in [2.24, 2.45) is 0 Å². The molecule has 0 aliphatic carbocycles. The van der Waals surface area contributed by atoms with E-state index in [0.29, 0.717) is 5.56 Å². The summed E-state index contributed by atoms with van der Waals surface area (Å²) in [5.74, 6) is -0.0468. The van der Waals surface area contributed by atoms with Crippen molar-refractivity contribution in [3.63, 3.8) is 0 Å². The van der Waals surface area contributed by atoms with Crippen LogP contribution in [0.1, 0.15) is 51.8 Å². The van der Waals surface area contributed by atoms with Gasteiger partial charge in [0.2, 0.25) is 5.91 Å². The zero-order valence-electron chi connectivity index (χ0n) is 18.7. The number of likely N-dealkylation sites (tertiary alicyclic amines) is 1. The number of carbonyl (C=O) groups excluding carboxylic acids is 1. The number of benzene rings is 1. The Bertz CT molecular complexity index is 1240. The van der Waals surface area contributed by atoms with E-state index in [2.05, 4.69) is 39.1 Å². The first kappa shape index (κ1) is 21.7. The molecule has 4 aromatic rings. The van der Waals surface area contributed by atoms with Crippen LogP contribution in [0.2, 0.25) is 0 Å². The minimum absolute atomic E-state index is 0.0695. The van der Waals surface area contributed by atoms with Gasteiger partial charge in [-0.05, 0) is 72.5 Å². The van der Waals surface area contributed by atoms with Crippen LogP contribution >= 0.6 is 0 Å². The zero-order valence-corrected chi connectivity index (χ0v) is 18.7. The molecule has 1 aromatic carbocycles. The molecule has 0 radical (unpaired) electrons. The molecular formula is C28H25N5O. The van der Waals surface area contributed by atoms with Crippen molar-refractivity contribution in [1.29, 1.82) is 5.26 Å². The molecule has 1 saturated heterocycles. The SMILES string of the molecule is N#Cc1cccc(C(C(c2cccnc2)c2cccnc2)N2CCC[C@H]2C(=O)n2cccc2)c1. The fourth-order valence-electron chi connectivity index (χ4n) is 5.09. The van der Waals surface area contributed by atoms with E-state index >= 15 is 0 Å². The Hall–Kier alpha value is -4.08. The maximum Gasteiger partial charge on any atom is 0.247 e. The van der Waals surface area contributed by atoms with E-state index in [1.807, 2.05) is 67.3 Å². The first-order valence-electron chi connectivity index (χ1n) is 11.5. The monoisotopic (exact) mass is 447 g/mol. The number of rotatable bonds is 6. The van der Waals surface area contributed by atoms with Crippen LogP contribution < -0.4 is 0 Å². The lowest BCUT2D eigenvalue weighted by Crippen LogP contribution is -2.43. The molecule has 0 bridgehead atoms. The summed E-state index contributed by atoms with van der Waals surface area (Å²) in [4.78, 5) is 24.6. The van der Waals surface area contributed by atoms with Crippen LogP contribution in [0.5, 0.6) is 0 Å². The van der Waals surface area contributed by atoms with Crippen LogP contribution in [0.3, 0.4) is 0 Å². The van der Waals surface area contributed by atoms with Crippen molar-refractivity contribution in [1.82, 2.24) is 19.4 Å². The molecule has 1 unspecified atom stereocenters. The van der Waals surface area contributed by atoms with Crippen molar-refractivity contribution in [2.75, 3.05) is 6.54 Å². The van der Waals surface area contributed by atoms with Gasteiger partial charge in [0.1, 0.15) is 0 Å². The van der Waals surface area contributed by atoms with Gasteiger partial charge in [-0.3, -0.25) is 24.2 Å². The second-order valence-corrected chi connectivity index (χ2v) is 8.56. The van der Waals surface area contributed by atoms with E-state index in [1.165, 1.54) is 0 Å².